The van der Waals surface area contributed by atoms with Crippen molar-refractivity contribution >= 4 is 11.9 Å². The van der Waals surface area contributed by atoms with E-state index in [0.29, 0.717) is 0 Å². The number of amides is 1. The van der Waals surface area contributed by atoms with Crippen molar-refractivity contribution in [2.75, 3.05) is 0 Å². The van der Waals surface area contributed by atoms with Crippen molar-refractivity contribution in [2.45, 2.75) is 66.5 Å². The molecule has 1 atom stereocenters. The lowest BCUT2D eigenvalue weighted by Crippen LogP contribution is -2.38. The number of carbonyl (C=O) groups is 2. The summed E-state index contributed by atoms with van der Waals surface area (Å²) in [5.41, 5.74) is 3.31. The minimum absolute atomic E-state index is 0.0403. The Bertz CT molecular complexity index is 547. The molecule has 0 radical (unpaired) electrons. The highest BCUT2D eigenvalue weighted by Gasteiger charge is 2.20. The van der Waals surface area contributed by atoms with Gasteiger partial charge < -0.3 is 10.1 Å². The van der Waals surface area contributed by atoms with E-state index in [2.05, 4.69) is 5.32 Å². The van der Waals surface area contributed by atoms with Crippen LogP contribution in [-0.4, -0.2) is 23.5 Å². The predicted octanol–water partition coefficient (Wildman–Crippen LogP) is 4.10. The Morgan fingerprint density at radius 1 is 1.14 bits per heavy atom. The second kappa shape index (κ2) is 6.95. The molecule has 1 N–H and O–H groups in total. The van der Waals surface area contributed by atoms with Crippen LogP contribution < -0.4 is 5.32 Å². The molecule has 0 bridgehead atoms. The van der Waals surface area contributed by atoms with E-state index in [9.17, 15) is 9.59 Å². The van der Waals surface area contributed by atoms with Crippen molar-refractivity contribution in [1.29, 1.82) is 0 Å². The molecule has 0 aliphatic carbocycles. The van der Waals surface area contributed by atoms with Crippen LogP contribution in [0.5, 0.6) is 0 Å². The Labute approximate surface area is 133 Å². The molecule has 4 heteroatoms. The molecule has 1 aromatic carbocycles. The smallest absolute Gasteiger partial charge is 0.407 e. The van der Waals surface area contributed by atoms with Crippen LogP contribution in [0.1, 0.15) is 61.2 Å². The van der Waals surface area contributed by atoms with E-state index in [1.807, 2.05) is 32.9 Å². The minimum Gasteiger partial charge on any atom is -0.444 e. The molecule has 1 rings (SSSR count). The molecule has 1 unspecified atom stereocenters. The van der Waals surface area contributed by atoms with Crippen LogP contribution in [-0.2, 0) is 4.74 Å². The van der Waals surface area contributed by atoms with Crippen molar-refractivity contribution in [3.63, 3.8) is 0 Å². The first kappa shape index (κ1) is 18.2. The molecule has 22 heavy (non-hydrogen) atoms. The molecule has 0 saturated carbocycles. The molecule has 0 heterocycles. The molecule has 122 valence electrons. The van der Waals surface area contributed by atoms with Crippen molar-refractivity contribution in [3.05, 3.63) is 34.4 Å². The van der Waals surface area contributed by atoms with Crippen LogP contribution in [0, 0.1) is 20.8 Å². The minimum atomic E-state index is -0.544. The van der Waals surface area contributed by atoms with E-state index in [1.54, 1.807) is 27.7 Å². The van der Waals surface area contributed by atoms with E-state index < -0.39 is 11.7 Å². The van der Waals surface area contributed by atoms with Crippen molar-refractivity contribution in [1.82, 2.24) is 5.32 Å². The lowest BCUT2D eigenvalue weighted by atomic mass is 9.94. The number of aryl methyl sites for hydroxylation is 3. The summed E-state index contributed by atoms with van der Waals surface area (Å²) in [6.45, 7) is 13.1. The fraction of sp³-hybridized carbons (Fsp3) is 0.556. The molecule has 1 aromatic rings. The number of carbonyl (C=O) groups excluding carboxylic acids is 2. The Hall–Kier alpha value is -1.84. The molecular weight excluding hydrogens is 278 g/mol. The summed E-state index contributed by atoms with van der Waals surface area (Å²) in [6.07, 6.45) is -0.241. The summed E-state index contributed by atoms with van der Waals surface area (Å²) in [7, 11) is 0. The topological polar surface area (TPSA) is 55.4 Å². The van der Waals surface area contributed by atoms with Gasteiger partial charge in [0.15, 0.2) is 5.78 Å². The Balaban J connectivity index is 2.71. The summed E-state index contributed by atoms with van der Waals surface area (Å²) in [4.78, 5) is 24.2. The van der Waals surface area contributed by atoms with Gasteiger partial charge >= 0.3 is 6.09 Å². The third-order valence-electron chi connectivity index (χ3n) is 3.21. The molecule has 0 aromatic heterocycles. The normalized spacial score (nSPS) is 12.7. The number of hydrogen-bond acceptors (Lipinski definition) is 3. The molecule has 0 spiro atoms. The highest BCUT2D eigenvalue weighted by atomic mass is 16.6. The van der Waals surface area contributed by atoms with Crippen molar-refractivity contribution in [3.8, 4) is 0 Å². The monoisotopic (exact) mass is 305 g/mol. The van der Waals surface area contributed by atoms with Gasteiger partial charge in [0.2, 0.25) is 0 Å². The molecule has 0 fully saturated rings. The van der Waals surface area contributed by atoms with E-state index in [0.717, 1.165) is 22.3 Å². The number of hydrogen-bond donors (Lipinski definition) is 1. The van der Waals surface area contributed by atoms with Crippen molar-refractivity contribution < 1.29 is 14.3 Å². The first-order valence-corrected chi connectivity index (χ1v) is 7.60. The maximum Gasteiger partial charge on any atom is 0.407 e. The third-order valence-corrected chi connectivity index (χ3v) is 3.21. The van der Waals surface area contributed by atoms with Gasteiger partial charge in [0.05, 0.1) is 0 Å². The van der Waals surface area contributed by atoms with Crippen LogP contribution in [0.25, 0.3) is 0 Å². The molecular formula is C18H27NO3. The van der Waals surface area contributed by atoms with Gasteiger partial charge in [-0.1, -0.05) is 17.7 Å². The zero-order valence-electron chi connectivity index (χ0n) is 14.7. The van der Waals surface area contributed by atoms with Gasteiger partial charge in [-0.3, -0.25) is 4.79 Å². The molecule has 0 aliphatic rings. The SMILES string of the molecule is Cc1cc(C)c(C(=O)CC(C)NC(=O)OC(C)(C)C)c(C)c1. The quantitative estimate of drug-likeness (QED) is 0.852. The number of alkyl carbamates (subject to hydrolysis) is 1. The highest BCUT2D eigenvalue weighted by Crippen LogP contribution is 2.19. The number of ketones is 1. The lowest BCUT2D eigenvalue weighted by molar-refractivity contribution is 0.0506. The zero-order chi connectivity index (χ0) is 17.1. The average Bonchev–Trinajstić information content (AvgIpc) is 2.22. The maximum atomic E-state index is 12.5. The predicted molar refractivity (Wildman–Crippen MR) is 88.4 cm³/mol. The number of benzene rings is 1. The van der Waals surface area contributed by atoms with Crippen LogP contribution >= 0.6 is 0 Å². The maximum absolute atomic E-state index is 12.5. The first-order chi connectivity index (χ1) is 9.99. The second-order valence-electron chi connectivity index (χ2n) is 6.95. The van der Waals surface area contributed by atoms with E-state index >= 15 is 0 Å². The molecule has 0 saturated heterocycles. The number of ether oxygens (including phenoxy) is 1. The first-order valence-electron chi connectivity index (χ1n) is 7.60. The van der Waals surface area contributed by atoms with Crippen LogP contribution in [0.3, 0.4) is 0 Å². The Morgan fingerprint density at radius 3 is 2.09 bits per heavy atom. The summed E-state index contributed by atoms with van der Waals surface area (Å²) in [5, 5.41) is 2.71. The molecule has 1 amide bonds. The van der Waals surface area contributed by atoms with E-state index in [1.165, 1.54) is 0 Å². The number of nitrogens with one attached hydrogen (secondary N) is 1. The van der Waals surface area contributed by atoms with Gasteiger partial charge in [0.1, 0.15) is 5.60 Å². The highest BCUT2D eigenvalue weighted by molar-refractivity contribution is 5.99. The Morgan fingerprint density at radius 2 is 1.64 bits per heavy atom. The largest absolute Gasteiger partial charge is 0.444 e. The van der Waals surface area contributed by atoms with Gasteiger partial charge in [-0.05, 0) is 59.6 Å². The summed E-state index contributed by atoms with van der Waals surface area (Å²) in [6, 6.07) is 3.74. The van der Waals surface area contributed by atoms with Gasteiger partial charge in [0, 0.05) is 18.0 Å². The number of rotatable bonds is 4. The summed E-state index contributed by atoms with van der Waals surface area (Å²) in [5.74, 6) is 0.0403. The Kier molecular flexibility index (Phi) is 5.75. The van der Waals surface area contributed by atoms with Crippen LogP contribution in [0.2, 0.25) is 0 Å². The van der Waals surface area contributed by atoms with Crippen molar-refractivity contribution in [2.24, 2.45) is 0 Å². The second-order valence-corrected chi connectivity index (χ2v) is 6.95. The average molecular weight is 305 g/mol. The van der Waals surface area contributed by atoms with Gasteiger partial charge in [-0.25, -0.2) is 4.79 Å². The third kappa shape index (κ3) is 5.51. The van der Waals surface area contributed by atoms with Gasteiger partial charge in [0.25, 0.3) is 0 Å². The fourth-order valence-corrected chi connectivity index (χ4v) is 2.56. The van der Waals surface area contributed by atoms with Crippen LogP contribution in [0.15, 0.2) is 12.1 Å². The van der Waals surface area contributed by atoms with E-state index in [4.69, 9.17) is 4.74 Å². The van der Waals surface area contributed by atoms with Crippen LogP contribution in [0.4, 0.5) is 4.79 Å². The molecule has 0 aliphatic heterocycles. The summed E-state index contributed by atoms with van der Waals surface area (Å²) >= 11 is 0. The fourth-order valence-electron chi connectivity index (χ4n) is 2.56. The molecule has 4 nitrogen and oxygen atoms in total. The van der Waals surface area contributed by atoms with Gasteiger partial charge in [-0.15, -0.1) is 0 Å². The summed E-state index contributed by atoms with van der Waals surface area (Å²) < 4.78 is 5.20. The van der Waals surface area contributed by atoms with Gasteiger partial charge in [-0.2, -0.15) is 0 Å². The lowest BCUT2D eigenvalue weighted by Gasteiger charge is -2.22. The number of Topliss-reactive ketones (excluding diaryl/α,β-unsaturated/α-hetero) is 1. The van der Waals surface area contributed by atoms with E-state index in [-0.39, 0.29) is 18.2 Å². The standard InChI is InChI=1S/C18H27NO3/c1-11-8-12(2)16(13(3)9-11)15(20)10-14(4)19-17(21)22-18(5,6)7/h8-9,14H,10H2,1-7H3,(H,19,21). The zero-order valence-corrected chi connectivity index (χ0v) is 14.7.